The van der Waals surface area contributed by atoms with Crippen molar-refractivity contribution in [3.63, 3.8) is 0 Å². The zero-order valence-corrected chi connectivity index (χ0v) is 12.6. The molecular weight excluding hydrogens is 319 g/mol. The molecule has 1 atom stereocenters. The summed E-state index contributed by atoms with van der Waals surface area (Å²) < 4.78 is 13.8. The molecule has 0 amide bonds. The second-order valence-corrected chi connectivity index (χ2v) is 5.71. The van der Waals surface area contributed by atoms with E-state index < -0.39 is 5.54 Å². The molecule has 0 saturated heterocycles. The van der Waals surface area contributed by atoms with Gasteiger partial charge in [0.05, 0.1) is 6.07 Å². The van der Waals surface area contributed by atoms with Gasteiger partial charge in [-0.15, -0.1) is 0 Å². The lowest BCUT2D eigenvalue weighted by Gasteiger charge is -2.25. The van der Waals surface area contributed by atoms with Gasteiger partial charge in [-0.3, -0.25) is 0 Å². The second kappa shape index (κ2) is 6.06. The van der Waals surface area contributed by atoms with Gasteiger partial charge in [-0.2, -0.15) is 5.26 Å². The van der Waals surface area contributed by atoms with Crippen LogP contribution in [-0.2, 0) is 6.42 Å². The first-order chi connectivity index (χ1) is 9.52. The zero-order chi connectivity index (χ0) is 14.6. The highest BCUT2D eigenvalue weighted by molar-refractivity contribution is 9.10. The molecule has 1 unspecified atom stereocenters. The smallest absolute Gasteiger partial charge is 0.126 e. The van der Waals surface area contributed by atoms with Crippen LogP contribution in [0.2, 0.25) is 0 Å². The minimum atomic E-state index is -0.762. The molecule has 0 saturated carbocycles. The Morgan fingerprint density at radius 1 is 1.20 bits per heavy atom. The van der Waals surface area contributed by atoms with Crippen LogP contribution < -0.4 is 5.32 Å². The van der Waals surface area contributed by atoms with Gasteiger partial charge < -0.3 is 5.32 Å². The third-order valence-corrected chi connectivity index (χ3v) is 3.69. The molecule has 0 aliphatic rings. The van der Waals surface area contributed by atoms with Gasteiger partial charge in [0.25, 0.3) is 0 Å². The Balaban J connectivity index is 2.19. The molecule has 0 aromatic heterocycles. The van der Waals surface area contributed by atoms with Gasteiger partial charge in [0, 0.05) is 16.6 Å². The Kier molecular flexibility index (Phi) is 4.41. The van der Waals surface area contributed by atoms with Crippen LogP contribution >= 0.6 is 15.9 Å². The van der Waals surface area contributed by atoms with E-state index in [0.29, 0.717) is 6.42 Å². The maximum atomic E-state index is 12.9. The standard InChI is InChI=1S/C16H14BrFN2/c1-16(11-19,10-12-6-8-13(18)9-7-12)20-15-5-3-2-4-14(15)17/h2-9,20H,10H2,1H3. The molecule has 2 rings (SSSR count). The molecule has 1 N–H and O–H groups in total. The third kappa shape index (κ3) is 3.58. The fourth-order valence-electron chi connectivity index (χ4n) is 1.98. The zero-order valence-electron chi connectivity index (χ0n) is 11.0. The van der Waals surface area contributed by atoms with Crippen LogP contribution in [0.25, 0.3) is 0 Å². The Hall–Kier alpha value is -1.86. The summed E-state index contributed by atoms with van der Waals surface area (Å²) in [4.78, 5) is 0. The SMILES string of the molecule is CC(C#N)(Cc1ccc(F)cc1)Nc1ccccc1Br. The number of nitriles is 1. The van der Waals surface area contributed by atoms with Crippen LogP contribution in [0.5, 0.6) is 0 Å². The summed E-state index contributed by atoms with van der Waals surface area (Å²) in [6.07, 6.45) is 0.491. The van der Waals surface area contributed by atoms with Crippen molar-refractivity contribution in [3.05, 3.63) is 64.4 Å². The first-order valence-electron chi connectivity index (χ1n) is 6.21. The molecular formula is C16H14BrFN2. The summed E-state index contributed by atoms with van der Waals surface area (Å²) in [6, 6.07) is 16.2. The summed E-state index contributed by atoms with van der Waals surface area (Å²) in [5, 5.41) is 12.7. The van der Waals surface area contributed by atoms with Gasteiger partial charge in [0.1, 0.15) is 11.4 Å². The number of benzene rings is 2. The number of nitrogens with zero attached hydrogens (tertiary/aromatic N) is 1. The lowest BCUT2D eigenvalue weighted by molar-refractivity contribution is 0.620. The monoisotopic (exact) mass is 332 g/mol. The first-order valence-corrected chi connectivity index (χ1v) is 7.00. The van der Waals surface area contributed by atoms with Crippen molar-refractivity contribution in [1.82, 2.24) is 0 Å². The lowest BCUT2D eigenvalue weighted by atomic mass is 9.94. The average molecular weight is 333 g/mol. The number of rotatable bonds is 4. The van der Waals surface area contributed by atoms with Crippen molar-refractivity contribution in [2.75, 3.05) is 5.32 Å². The van der Waals surface area contributed by atoms with E-state index in [2.05, 4.69) is 27.3 Å². The Morgan fingerprint density at radius 3 is 2.45 bits per heavy atom. The van der Waals surface area contributed by atoms with Crippen molar-refractivity contribution in [1.29, 1.82) is 5.26 Å². The van der Waals surface area contributed by atoms with E-state index in [1.165, 1.54) is 12.1 Å². The number of hydrogen-bond acceptors (Lipinski definition) is 2. The van der Waals surface area contributed by atoms with Crippen molar-refractivity contribution in [2.45, 2.75) is 18.9 Å². The molecule has 4 heteroatoms. The van der Waals surface area contributed by atoms with E-state index >= 15 is 0 Å². The highest BCUT2D eigenvalue weighted by Crippen LogP contribution is 2.26. The van der Waals surface area contributed by atoms with Crippen molar-refractivity contribution in [2.24, 2.45) is 0 Å². The second-order valence-electron chi connectivity index (χ2n) is 4.85. The Labute approximate surface area is 126 Å². The Bertz CT molecular complexity index is 634. The van der Waals surface area contributed by atoms with Gasteiger partial charge in [-0.1, -0.05) is 24.3 Å². The van der Waals surface area contributed by atoms with E-state index in [1.807, 2.05) is 31.2 Å². The van der Waals surface area contributed by atoms with E-state index in [0.717, 1.165) is 15.7 Å². The topological polar surface area (TPSA) is 35.8 Å². The fraction of sp³-hybridized carbons (Fsp3) is 0.188. The summed E-state index contributed by atoms with van der Waals surface area (Å²) in [7, 11) is 0. The Morgan fingerprint density at radius 2 is 1.85 bits per heavy atom. The number of para-hydroxylation sites is 1. The average Bonchev–Trinajstić information content (AvgIpc) is 2.44. The lowest BCUT2D eigenvalue weighted by Crippen LogP contribution is -2.35. The molecule has 0 aliphatic carbocycles. The molecule has 2 aromatic carbocycles. The van der Waals surface area contributed by atoms with Crippen molar-refractivity contribution >= 4 is 21.6 Å². The summed E-state index contributed by atoms with van der Waals surface area (Å²) in [5.41, 5.74) is 1.01. The third-order valence-electron chi connectivity index (χ3n) is 3.00. The van der Waals surface area contributed by atoms with Gasteiger partial charge >= 0.3 is 0 Å². The predicted molar refractivity (Wildman–Crippen MR) is 81.9 cm³/mol. The molecule has 0 heterocycles. The van der Waals surface area contributed by atoms with E-state index in [1.54, 1.807) is 12.1 Å². The van der Waals surface area contributed by atoms with Gasteiger partial charge in [-0.25, -0.2) is 4.39 Å². The maximum absolute atomic E-state index is 12.9. The molecule has 20 heavy (non-hydrogen) atoms. The molecule has 2 nitrogen and oxygen atoms in total. The van der Waals surface area contributed by atoms with Gasteiger partial charge in [0.2, 0.25) is 0 Å². The normalized spacial score (nSPS) is 13.3. The van der Waals surface area contributed by atoms with Crippen molar-refractivity contribution < 1.29 is 4.39 Å². The summed E-state index contributed by atoms with van der Waals surface area (Å²) >= 11 is 3.45. The number of nitrogens with one attached hydrogen (secondary N) is 1. The summed E-state index contributed by atoms with van der Waals surface area (Å²) in [6.45, 7) is 1.83. The molecule has 0 bridgehead atoms. The van der Waals surface area contributed by atoms with Crippen LogP contribution in [0, 0.1) is 17.1 Å². The molecule has 0 spiro atoms. The largest absolute Gasteiger partial charge is 0.366 e. The highest BCUT2D eigenvalue weighted by Gasteiger charge is 2.24. The first kappa shape index (κ1) is 14.5. The van der Waals surface area contributed by atoms with Crippen LogP contribution in [-0.4, -0.2) is 5.54 Å². The fourth-order valence-corrected chi connectivity index (χ4v) is 2.37. The van der Waals surface area contributed by atoms with Crippen LogP contribution in [0.1, 0.15) is 12.5 Å². The van der Waals surface area contributed by atoms with Crippen molar-refractivity contribution in [3.8, 4) is 6.07 Å². The van der Waals surface area contributed by atoms with Gasteiger partial charge in [-0.05, 0) is 52.7 Å². The summed E-state index contributed by atoms with van der Waals surface area (Å²) in [5.74, 6) is -0.272. The molecule has 0 radical (unpaired) electrons. The molecule has 0 aliphatic heterocycles. The molecule has 0 fully saturated rings. The molecule has 2 aromatic rings. The number of anilines is 1. The van der Waals surface area contributed by atoms with Gasteiger partial charge in [0.15, 0.2) is 0 Å². The van der Waals surface area contributed by atoms with E-state index in [-0.39, 0.29) is 5.82 Å². The van der Waals surface area contributed by atoms with Crippen LogP contribution in [0.3, 0.4) is 0 Å². The number of hydrogen-bond donors (Lipinski definition) is 1. The maximum Gasteiger partial charge on any atom is 0.126 e. The van der Waals surface area contributed by atoms with Crippen LogP contribution in [0.15, 0.2) is 53.0 Å². The molecule has 102 valence electrons. The van der Waals surface area contributed by atoms with E-state index in [9.17, 15) is 9.65 Å². The quantitative estimate of drug-likeness (QED) is 0.893. The van der Waals surface area contributed by atoms with E-state index in [4.69, 9.17) is 0 Å². The van der Waals surface area contributed by atoms with Crippen LogP contribution in [0.4, 0.5) is 10.1 Å². The minimum Gasteiger partial charge on any atom is -0.366 e. The predicted octanol–water partition coefficient (Wildman–Crippen LogP) is 4.53. The highest BCUT2D eigenvalue weighted by atomic mass is 79.9. The number of halogens is 2. The minimum absolute atomic E-state index is 0.272.